The number of piperidine rings is 1. The van der Waals surface area contributed by atoms with E-state index in [1.807, 2.05) is 32.0 Å². The third-order valence-electron chi connectivity index (χ3n) is 6.39. The first-order chi connectivity index (χ1) is 16.9. The van der Waals surface area contributed by atoms with E-state index < -0.39 is 5.97 Å². The molecule has 4 rings (SSSR count). The van der Waals surface area contributed by atoms with Gasteiger partial charge in [-0.15, -0.1) is 10.2 Å². The van der Waals surface area contributed by atoms with E-state index in [1.54, 1.807) is 11.3 Å². The van der Waals surface area contributed by atoms with Gasteiger partial charge in [-0.3, -0.25) is 9.69 Å². The van der Waals surface area contributed by atoms with Crippen LogP contribution in [-0.4, -0.2) is 51.4 Å². The number of hydrogen-bond donors (Lipinski definition) is 1. The molecule has 1 N–H and O–H groups in total. The van der Waals surface area contributed by atoms with Crippen LogP contribution in [0.1, 0.15) is 51.2 Å². The lowest BCUT2D eigenvalue weighted by Gasteiger charge is -2.33. The molecule has 1 aliphatic rings. The van der Waals surface area contributed by atoms with Gasteiger partial charge < -0.3 is 9.84 Å². The summed E-state index contributed by atoms with van der Waals surface area (Å²) in [5.41, 5.74) is 4.49. The highest BCUT2D eigenvalue weighted by Crippen LogP contribution is 2.36. The highest BCUT2D eigenvalue weighted by atomic mass is 35.5. The number of likely N-dealkylation sites (tertiary alicyclic amines) is 1. The Kier molecular flexibility index (Phi) is 8.42. The Morgan fingerprint density at radius 2 is 2.03 bits per heavy atom. The number of carboxylic acids is 1. The normalized spacial score (nSPS) is 16.5. The Morgan fingerprint density at radius 3 is 2.74 bits per heavy atom. The van der Waals surface area contributed by atoms with Crippen molar-refractivity contribution in [2.45, 2.75) is 65.0 Å². The lowest BCUT2D eigenvalue weighted by atomic mass is 9.95. The van der Waals surface area contributed by atoms with E-state index in [4.69, 9.17) is 16.3 Å². The zero-order valence-electron chi connectivity index (χ0n) is 20.5. The third kappa shape index (κ3) is 6.02. The molecule has 35 heavy (non-hydrogen) atoms. The highest BCUT2D eigenvalue weighted by Gasteiger charge is 2.28. The van der Waals surface area contributed by atoms with Crippen molar-refractivity contribution in [3.63, 3.8) is 0 Å². The minimum atomic E-state index is -0.709. The predicted octanol–water partition coefficient (Wildman–Crippen LogP) is 6.36. The molecular formula is C27H32ClN3O3S. The van der Waals surface area contributed by atoms with Gasteiger partial charge in [-0.25, -0.2) is 0 Å². The molecule has 8 heteroatoms. The molecule has 2 heterocycles. The van der Waals surface area contributed by atoms with Gasteiger partial charge in [-0.2, -0.15) is 0 Å². The van der Waals surface area contributed by atoms with E-state index in [-0.39, 0.29) is 12.1 Å². The van der Waals surface area contributed by atoms with Crippen LogP contribution in [0.2, 0.25) is 5.02 Å². The van der Waals surface area contributed by atoms with E-state index in [0.717, 1.165) is 66.3 Å². The number of carbonyl (C=O) groups is 1. The number of hydrogen-bond acceptors (Lipinski definition) is 6. The van der Waals surface area contributed by atoms with Gasteiger partial charge in [-0.1, -0.05) is 54.5 Å². The lowest BCUT2D eigenvalue weighted by molar-refractivity contribution is -0.144. The van der Waals surface area contributed by atoms with Crippen molar-refractivity contribution < 1.29 is 14.6 Å². The average molecular weight is 514 g/mol. The van der Waals surface area contributed by atoms with Gasteiger partial charge in [0.1, 0.15) is 21.8 Å². The molecule has 2 aromatic carbocycles. The molecule has 1 unspecified atom stereocenters. The standard InChI is InChI=1S/C27H32ClN3O3S/c1-4-20-18(13-15-31-14-6-5-10-23(31)27(32)33)8-7-9-21(20)26-30-29-25(35-26)19-11-12-24(22(28)16-19)34-17(2)3/h7-9,11-12,16-17,23H,4-6,10,13-15H2,1-3H3,(H,32,33). The Bertz CT molecular complexity index is 1180. The molecule has 186 valence electrons. The number of nitrogens with zero attached hydrogens (tertiary/aromatic N) is 3. The first kappa shape index (κ1) is 25.6. The molecule has 0 spiro atoms. The van der Waals surface area contributed by atoms with Crippen LogP contribution in [0, 0.1) is 0 Å². The molecule has 0 amide bonds. The van der Waals surface area contributed by atoms with Crippen LogP contribution in [0.25, 0.3) is 21.1 Å². The number of halogens is 1. The van der Waals surface area contributed by atoms with Crippen LogP contribution in [0.3, 0.4) is 0 Å². The Morgan fingerprint density at radius 1 is 1.23 bits per heavy atom. The van der Waals surface area contributed by atoms with Crippen LogP contribution in [0.5, 0.6) is 5.75 Å². The summed E-state index contributed by atoms with van der Waals surface area (Å²) in [6, 6.07) is 11.6. The summed E-state index contributed by atoms with van der Waals surface area (Å²) in [6.45, 7) is 7.69. The third-order valence-corrected chi connectivity index (χ3v) is 7.69. The van der Waals surface area contributed by atoms with Crippen LogP contribution in [-0.2, 0) is 17.6 Å². The summed E-state index contributed by atoms with van der Waals surface area (Å²) >= 11 is 7.98. The number of rotatable bonds is 9. The van der Waals surface area contributed by atoms with Crippen molar-refractivity contribution >= 4 is 28.9 Å². The van der Waals surface area contributed by atoms with E-state index >= 15 is 0 Å². The zero-order chi connectivity index (χ0) is 24.9. The van der Waals surface area contributed by atoms with Crippen LogP contribution >= 0.6 is 22.9 Å². The van der Waals surface area contributed by atoms with Gasteiger partial charge in [-0.05, 0) is 75.4 Å². The summed E-state index contributed by atoms with van der Waals surface area (Å²) in [5.74, 6) is -0.0468. The van der Waals surface area contributed by atoms with Gasteiger partial charge in [0.15, 0.2) is 0 Å². The molecule has 1 atom stereocenters. The van der Waals surface area contributed by atoms with Crippen LogP contribution in [0.4, 0.5) is 0 Å². The van der Waals surface area contributed by atoms with E-state index in [9.17, 15) is 9.90 Å². The van der Waals surface area contributed by atoms with Gasteiger partial charge in [0.2, 0.25) is 0 Å². The average Bonchev–Trinajstić information content (AvgIpc) is 3.33. The van der Waals surface area contributed by atoms with E-state index in [1.165, 1.54) is 11.1 Å². The summed E-state index contributed by atoms with van der Waals surface area (Å²) in [7, 11) is 0. The van der Waals surface area contributed by atoms with E-state index in [2.05, 4.69) is 40.2 Å². The first-order valence-electron chi connectivity index (χ1n) is 12.3. The summed E-state index contributed by atoms with van der Waals surface area (Å²) in [5, 5.41) is 20.8. The van der Waals surface area contributed by atoms with Crippen molar-refractivity contribution in [2.75, 3.05) is 13.1 Å². The minimum Gasteiger partial charge on any atom is -0.489 e. The molecule has 1 fully saturated rings. The number of aliphatic carboxylic acids is 1. The molecule has 0 bridgehead atoms. The second kappa shape index (κ2) is 11.5. The SMILES string of the molecule is CCc1c(CCN2CCCCC2C(=O)O)cccc1-c1nnc(-c2ccc(OC(C)C)c(Cl)c2)s1. The van der Waals surface area contributed by atoms with Crippen molar-refractivity contribution in [3.8, 4) is 26.9 Å². The number of ether oxygens (including phenoxy) is 1. The maximum absolute atomic E-state index is 11.7. The van der Waals surface area contributed by atoms with Gasteiger partial charge >= 0.3 is 5.97 Å². The number of benzene rings is 2. The van der Waals surface area contributed by atoms with Gasteiger partial charge in [0.05, 0.1) is 11.1 Å². The zero-order valence-corrected chi connectivity index (χ0v) is 22.0. The topological polar surface area (TPSA) is 75.6 Å². The first-order valence-corrected chi connectivity index (χ1v) is 13.4. The molecule has 1 aliphatic heterocycles. The molecule has 1 aromatic heterocycles. The molecule has 0 aliphatic carbocycles. The quantitative estimate of drug-likeness (QED) is 0.359. The van der Waals surface area contributed by atoms with Gasteiger partial charge in [0.25, 0.3) is 0 Å². The van der Waals surface area contributed by atoms with Crippen molar-refractivity contribution in [2.24, 2.45) is 0 Å². The molecular weight excluding hydrogens is 482 g/mol. The monoisotopic (exact) mass is 513 g/mol. The van der Waals surface area contributed by atoms with E-state index in [0.29, 0.717) is 10.8 Å². The fraction of sp³-hybridized carbons (Fsp3) is 0.444. The molecule has 1 saturated heterocycles. The second-order valence-corrected chi connectivity index (χ2v) is 10.5. The summed E-state index contributed by atoms with van der Waals surface area (Å²) in [4.78, 5) is 13.8. The Balaban J connectivity index is 1.55. The predicted molar refractivity (Wildman–Crippen MR) is 141 cm³/mol. The lowest BCUT2D eigenvalue weighted by Crippen LogP contribution is -2.45. The Hall–Kier alpha value is -2.48. The second-order valence-electron chi connectivity index (χ2n) is 9.16. The molecule has 6 nitrogen and oxygen atoms in total. The minimum absolute atomic E-state index is 0.0520. The largest absolute Gasteiger partial charge is 0.489 e. The smallest absolute Gasteiger partial charge is 0.320 e. The fourth-order valence-electron chi connectivity index (χ4n) is 4.72. The number of aromatic nitrogens is 2. The van der Waals surface area contributed by atoms with Crippen LogP contribution in [0.15, 0.2) is 36.4 Å². The molecule has 0 saturated carbocycles. The molecule has 0 radical (unpaired) electrons. The number of carboxylic acid groups (broad SMARTS) is 1. The maximum atomic E-state index is 11.7. The van der Waals surface area contributed by atoms with Crippen LogP contribution < -0.4 is 4.74 Å². The Labute approximate surface area is 215 Å². The summed E-state index contributed by atoms with van der Waals surface area (Å²) < 4.78 is 5.74. The van der Waals surface area contributed by atoms with Gasteiger partial charge in [0, 0.05) is 17.7 Å². The fourth-order valence-corrected chi connectivity index (χ4v) is 5.84. The van der Waals surface area contributed by atoms with Crippen molar-refractivity contribution in [1.82, 2.24) is 15.1 Å². The molecule has 3 aromatic rings. The maximum Gasteiger partial charge on any atom is 0.320 e. The van der Waals surface area contributed by atoms with Crippen molar-refractivity contribution in [3.05, 3.63) is 52.5 Å². The summed E-state index contributed by atoms with van der Waals surface area (Å²) in [6.07, 6.45) is 4.53. The van der Waals surface area contributed by atoms with Crippen molar-refractivity contribution in [1.29, 1.82) is 0 Å². The highest BCUT2D eigenvalue weighted by molar-refractivity contribution is 7.17.